The fraction of sp³-hybridized carbons (Fsp3) is 0.174. The van der Waals surface area contributed by atoms with Gasteiger partial charge in [0, 0.05) is 17.4 Å². The van der Waals surface area contributed by atoms with E-state index in [0.29, 0.717) is 33.5 Å². The molecular weight excluding hydrogens is 380 g/mol. The van der Waals surface area contributed by atoms with Crippen LogP contribution in [-0.4, -0.2) is 31.8 Å². The molecule has 0 atom stereocenters. The number of aromatic amines is 1. The largest absolute Gasteiger partial charge is 0.489 e. The average molecular weight is 400 g/mol. The average Bonchev–Trinajstić information content (AvgIpc) is 3.13. The summed E-state index contributed by atoms with van der Waals surface area (Å²) in [4.78, 5) is 19.6. The van der Waals surface area contributed by atoms with Gasteiger partial charge in [0.2, 0.25) is 0 Å². The summed E-state index contributed by atoms with van der Waals surface area (Å²) < 4.78 is 7.46. The van der Waals surface area contributed by atoms with E-state index in [1.807, 2.05) is 41.1 Å². The van der Waals surface area contributed by atoms with Crippen LogP contribution in [-0.2, 0) is 0 Å². The zero-order chi connectivity index (χ0) is 21.3. The third-order valence-electron chi connectivity index (χ3n) is 4.62. The zero-order valence-corrected chi connectivity index (χ0v) is 16.6. The predicted octanol–water partition coefficient (Wildman–Crippen LogP) is 3.40. The van der Waals surface area contributed by atoms with Crippen molar-refractivity contribution in [2.45, 2.75) is 19.4 Å². The van der Waals surface area contributed by atoms with E-state index in [9.17, 15) is 15.2 Å². The SMILES string of the molecule is CC(C)(O)COc1ccc(-c2cn(-c3ccccc3)c3nc[nH]c(=O)c23)cc1C#N. The van der Waals surface area contributed by atoms with Crippen molar-refractivity contribution >= 4 is 11.0 Å². The number of ether oxygens (including phenoxy) is 1. The topological polar surface area (TPSA) is 104 Å². The minimum atomic E-state index is -1.02. The minimum absolute atomic E-state index is 0.0535. The first-order chi connectivity index (χ1) is 14.4. The van der Waals surface area contributed by atoms with Crippen LogP contribution in [0.3, 0.4) is 0 Å². The van der Waals surface area contributed by atoms with E-state index in [1.54, 1.807) is 32.0 Å². The van der Waals surface area contributed by atoms with Gasteiger partial charge < -0.3 is 19.4 Å². The number of nitriles is 1. The molecule has 0 bridgehead atoms. The lowest BCUT2D eigenvalue weighted by Gasteiger charge is -2.18. The third-order valence-corrected chi connectivity index (χ3v) is 4.62. The quantitative estimate of drug-likeness (QED) is 0.534. The van der Waals surface area contributed by atoms with Gasteiger partial charge in [0.15, 0.2) is 5.65 Å². The van der Waals surface area contributed by atoms with Gasteiger partial charge in [-0.3, -0.25) is 4.79 Å². The Labute approximate surface area is 172 Å². The van der Waals surface area contributed by atoms with Crippen LogP contribution >= 0.6 is 0 Å². The maximum Gasteiger partial charge on any atom is 0.260 e. The molecule has 0 aliphatic rings. The highest BCUT2D eigenvalue weighted by atomic mass is 16.5. The molecule has 0 amide bonds. The summed E-state index contributed by atoms with van der Waals surface area (Å²) in [6.45, 7) is 3.31. The van der Waals surface area contributed by atoms with Gasteiger partial charge in [0.05, 0.1) is 22.9 Å². The van der Waals surface area contributed by atoms with Crippen molar-refractivity contribution in [1.82, 2.24) is 14.5 Å². The number of fused-ring (bicyclic) bond motifs is 1. The van der Waals surface area contributed by atoms with Gasteiger partial charge in [-0.2, -0.15) is 5.26 Å². The maximum atomic E-state index is 12.6. The molecule has 2 aromatic carbocycles. The van der Waals surface area contributed by atoms with E-state index >= 15 is 0 Å². The lowest BCUT2D eigenvalue weighted by molar-refractivity contribution is 0.0284. The Morgan fingerprint density at radius 1 is 1.23 bits per heavy atom. The molecule has 2 aromatic heterocycles. The molecule has 0 fully saturated rings. The van der Waals surface area contributed by atoms with Crippen molar-refractivity contribution in [2.24, 2.45) is 0 Å². The summed E-state index contributed by atoms with van der Waals surface area (Å²) in [5.41, 5.74) is 1.80. The molecule has 150 valence electrons. The highest BCUT2D eigenvalue weighted by Gasteiger charge is 2.18. The summed E-state index contributed by atoms with van der Waals surface area (Å²) in [7, 11) is 0. The van der Waals surface area contributed by atoms with Crippen LogP contribution in [0.1, 0.15) is 19.4 Å². The van der Waals surface area contributed by atoms with Gasteiger partial charge in [-0.1, -0.05) is 24.3 Å². The van der Waals surface area contributed by atoms with Crippen molar-refractivity contribution in [1.29, 1.82) is 5.26 Å². The van der Waals surface area contributed by atoms with E-state index < -0.39 is 5.60 Å². The van der Waals surface area contributed by atoms with Crippen LogP contribution in [0.5, 0.6) is 5.75 Å². The fourth-order valence-electron chi connectivity index (χ4n) is 3.24. The van der Waals surface area contributed by atoms with Crippen LogP contribution in [0.15, 0.2) is 65.8 Å². The number of rotatable bonds is 5. The molecule has 2 heterocycles. The van der Waals surface area contributed by atoms with Crippen LogP contribution in [0.4, 0.5) is 0 Å². The smallest absolute Gasteiger partial charge is 0.260 e. The van der Waals surface area contributed by atoms with Crippen molar-refractivity contribution < 1.29 is 9.84 Å². The molecule has 2 N–H and O–H groups in total. The Balaban J connectivity index is 1.86. The van der Waals surface area contributed by atoms with Crippen LogP contribution in [0, 0.1) is 11.3 Å². The van der Waals surface area contributed by atoms with E-state index in [-0.39, 0.29) is 12.2 Å². The van der Waals surface area contributed by atoms with Crippen molar-refractivity contribution in [2.75, 3.05) is 6.61 Å². The van der Waals surface area contributed by atoms with Crippen LogP contribution in [0.2, 0.25) is 0 Å². The van der Waals surface area contributed by atoms with Gasteiger partial charge in [0.1, 0.15) is 18.4 Å². The molecule has 4 rings (SSSR count). The van der Waals surface area contributed by atoms with Crippen LogP contribution in [0.25, 0.3) is 27.8 Å². The number of hydrogen-bond donors (Lipinski definition) is 2. The second kappa shape index (κ2) is 7.50. The van der Waals surface area contributed by atoms with E-state index in [2.05, 4.69) is 16.0 Å². The number of aromatic nitrogens is 3. The third kappa shape index (κ3) is 3.69. The molecule has 30 heavy (non-hydrogen) atoms. The molecule has 7 nitrogen and oxygen atoms in total. The van der Waals surface area contributed by atoms with Gasteiger partial charge in [-0.05, 0) is 43.7 Å². The number of benzene rings is 2. The summed E-state index contributed by atoms with van der Waals surface area (Å²) in [6.07, 6.45) is 3.22. The highest BCUT2D eigenvalue weighted by molar-refractivity contribution is 5.94. The highest BCUT2D eigenvalue weighted by Crippen LogP contribution is 2.32. The first kappa shape index (κ1) is 19.4. The van der Waals surface area contributed by atoms with E-state index in [4.69, 9.17) is 4.74 Å². The zero-order valence-electron chi connectivity index (χ0n) is 16.6. The molecule has 0 radical (unpaired) electrons. The Kier molecular flexibility index (Phi) is 4.86. The summed E-state index contributed by atoms with van der Waals surface area (Å²) in [5.74, 6) is 0.377. The van der Waals surface area contributed by atoms with Crippen molar-refractivity contribution in [3.63, 3.8) is 0 Å². The van der Waals surface area contributed by atoms with Crippen molar-refractivity contribution in [3.8, 4) is 28.6 Å². The van der Waals surface area contributed by atoms with Gasteiger partial charge in [-0.25, -0.2) is 4.98 Å². The number of H-pyrrole nitrogens is 1. The van der Waals surface area contributed by atoms with E-state index in [0.717, 1.165) is 5.69 Å². The Bertz CT molecular complexity index is 1310. The Morgan fingerprint density at radius 3 is 2.70 bits per heavy atom. The molecule has 0 unspecified atom stereocenters. The molecule has 0 spiro atoms. The normalized spacial score (nSPS) is 11.4. The number of nitrogens with one attached hydrogen (secondary N) is 1. The van der Waals surface area contributed by atoms with Gasteiger partial charge in [0.25, 0.3) is 5.56 Å². The van der Waals surface area contributed by atoms with Gasteiger partial charge in [-0.15, -0.1) is 0 Å². The first-order valence-electron chi connectivity index (χ1n) is 9.41. The monoisotopic (exact) mass is 400 g/mol. The Hall–Kier alpha value is -3.89. The summed E-state index contributed by atoms with van der Waals surface area (Å²) in [6, 6.07) is 16.9. The second-order valence-electron chi connectivity index (χ2n) is 7.60. The lowest BCUT2D eigenvalue weighted by Crippen LogP contribution is -2.28. The second-order valence-corrected chi connectivity index (χ2v) is 7.60. The number of aliphatic hydroxyl groups is 1. The number of nitrogens with zero attached hydrogens (tertiary/aromatic N) is 3. The van der Waals surface area contributed by atoms with Gasteiger partial charge >= 0.3 is 0 Å². The Morgan fingerprint density at radius 2 is 2.00 bits per heavy atom. The molecule has 0 aliphatic carbocycles. The molecule has 0 saturated heterocycles. The lowest BCUT2D eigenvalue weighted by atomic mass is 10.0. The number of para-hydroxylation sites is 1. The molecular formula is C23H20N4O3. The molecule has 0 saturated carbocycles. The molecule has 7 heteroatoms. The minimum Gasteiger partial charge on any atom is -0.489 e. The number of hydrogen-bond acceptors (Lipinski definition) is 5. The molecule has 0 aliphatic heterocycles. The first-order valence-corrected chi connectivity index (χ1v) is 9.41. The summed E-state index contributed by atoms with van der Waals surface area (Å²) >= 11 is 0. The van der Waals surface area contributed by atoms with E-state index in [1.165, 1.54) is 6.33 Å². The fourth-order valence-corrected chi connectivity index (χ4v) is 3.24. The van der Waals surface area contributed by atoms with Crippen molar-refractivity contribution in [3.05, 3.63) is 77.0 Å². The van der Waals surface area contributed by atoms with Crippen LogP contribution < -0.4 is 10.3 Å². The standard InChI is InChI=1S/C23H20N4O3/c1-23(2,29)13-30-19-9-8-15(10-16(19)11-24)18-12-27(17-6-4-3-5-7-17)21-20(18)22(28)26-14-25-21/h3-10,12,14,29H,13H2,1-2H3,(H,25,26,28). The predicted molar refractivity (Wildman–Crippen MR) is 114 cm³/mol. The maximum absolute atomic E-state index is 12.6. The summed E-state index contributed by atoms with van der Waals surface area (Å²) in [5, 5.41) is 19.9. The molecule has 4 aromatic rings.